The maximum absolute atomic E-state index is 13.0. The Morgan fingerprint density at radius 3 is 2.44 bits per heavy atom. The summed E-state index contributed by atoms with van der Waals surface area (Å²) < 4.78 is 18.4. The van der Waals surface area contributed by atoms with E-state index in [0.29, 0.717) is 25.4 Å². The van der Waals surface area contributed by atoms with Gasteiger partial charge in [0.25, 0.3) is 0 Å². The van der Waals surface area contributed by atoms with Gasteiger partial charge in [0.2, 0.25) is 0 Å². The fourth-order valence-electron chi connectivity index (χ4n) is 2.82. The maximum atomic E-state index is 13.0. The first-order valence-corrected chi connectivity index (χ1v) is 8.39. The molecule has 1 heterocycles. The molecule has 1 aliphatic heterocycles. The molecule has 0 aliphatic carbocycles. The number of benzene rings is 2. The molecule has 0 spiro atoms. The van der Waals surface area contributed by atoms with Crippen molar-refractivity contribution in [1.82, 2.24) is 10.2 Å². The first-order chi connectivity index (χ1) is 12.2. The molecule has 1 unspecified atom stereocenters. The highest BCUT2D eigenvalue weighted by atomic mass is 19.1. The van der Waals surface area contributed by atoms with Crippen LogP contribution in [0.4, 0.5) is 14.9 Å². The molecule has 1 saturated heterocycles. The number of rotatable bonds is 5. The van der Waals surface area contributed by atoms with E-state index in [-0.39, 0.29) is 17.9 Å². The van der Waals surface area contributed by atoms with Gasteiger partial charge >= 0.3 is 6.03 Å². The van der Waals surface area contributed by atoms with Crippen molar-refractivity contribution in [2.45, 2.75) is 6.04 Å². The Balaban J connectivity index is 1.65. The molecule has 0 radical (unpaired) electrons. The highest BCUT2D eigenvalue weighted by Crippen LogP contribution is 2.16. The molecule has 3 rings (SSSR count). The van der Waals surface area contributed by atoms with Gasteiger partial charge in [0.1, 0.15) is 5.82 Å². The van der Waals surface area contributed by atoms with Gasteiger partial charge in [0.15, 0.2) is 0 Å². The molecule has 0 bridgehead atoms. The van der Waals surface area contributed by atoms with Gasteiger partial charge < -0.3 is 15.4 Å². The number of hydrogen-bond acceptors (Lipinski definition) is 3. The van der Waals surface area contributed by atoms with Crippen LogP contribution in [0.1, 0.15) is 11.6 Å². The minimum atomic E-state index is -0.333. The van der Waals surface area contributed by atoms with Crippen LogP contribution in [0.15, 0.2) is 54.6 Å². The molecule has 0 saturated carbocycles. The first kappa shape index (κ1) is 17.4. The van der Waals surface area contributed by atoms with Gasteiger partial charge in [0.05, 0.1) is 19.3 Å². The second-order valence-corrected chi connectivity index (χ2v) is 5.98. The average Bonchev–Trinajstić information content (AvgIpc) is 2.65. The third kappa shape index (κ3) is 5.27. The van der Waals surface area contributed by atoms with Crippen molar-refractivity contribution < 1.29 is 13.9 Å². The third-order valence-corrected chi connectivity index (χ3v) is 4.15. The van der Waals surface area contributed by atoms with Crippen LogP contribution in [0.2, 0.25) is 0 Å². The van der Waals surface area contributed by atoms with Crippen LogP contribution >= 0.6 is 0 Å². The molecule has 2 amide bonds. The van der Waals surface area contributed by atoms with Crippen LogP contribution in [0.3, 0.4) is 0 Å². The Labute approximate surface area is 146 Å². The number of ether oxygens (including phenoxy) is 1. The Kier molecular flexibility index (Phi) is 5.98. The van der Waals surface area contributed by atoms with E-state index < -0.39 is 0 Å². The predicted octanol–water partition coefficient (Wildman–Crippen LogP) is 3.02. The largest absolute Gasteiger partial charge is 0.379 e. The molecule has 2 N–H and O–H groups in total. The Morgan fingerprint density at radius 1 is 1.08 bits per heavy atom. The van der Waals surface area contributed by atoms with E-state index in [1.807, 2.05) is 30.3 Å². The molecule has 1 aliphatic rings. The van der Waals surface area contributed by atoms with E-state index in [4.69, 9.17) is 4.74 Å². The van der Waals surface area contributed by atoms with Gasteiger partial charge in [-0.3, -0.25) is 4.90 Å². The minimum Gasteiger partial charge on any atom is -0.379 e. The Hall–Kier alpha value is -2.44. The molecular formula is C19H22FN3O2. The van der Waals surface area contributed by atoms with Crippen molar-refractivity contribution in [3.05, 3.63) is 66.0 Å². The number of amides is 2. The maximum Gasteiger partial charge on any atom is 0.319 e. The summed E-state index contributed by atoms with van der Waals surface area (Å²) >= 11 is 0. The number of urea groups is 1. The molecule has 1 atom stereocenters. The Bertz CT molecular complexity index is 673. The van der Waals surface area contributed by atoms with Crippen molar-refractivity contribution in [3.63, 3.8) is 0 Å². The summed E-state index contributed by atoms with van der Waals surface area (Å²) in [6, 6.07) is 15.1. The number of anilines is 1. The van der Waals surface area contributed by atoms with E-state index in [2.05, 4.69) is 15.5 Å². The topological polar surface area (TPSA) is 53.6 Å². The van der Waals surface area contributed by atoms with Crippen LogP contribution < -0.4 is 10.6 Å². The zero-order chi connectivity index (χ0) is 17.5. The molecule has 25 heavy (non-hydrogen) atoms. The minimum absolute atomic E-state index is 0.139. The highest BCUT2D eigenvalue weighted by Gasteiger charge is 2.20. The number of halogens is 1. The normalized spacial score (nSPS) is 16.2. The lowest BCUT2D eigenvalue weighted by Gasteiger charge is -2.31. The lowest BCUT2D eigenvalue weighted by atomic mass is 10.1. The van der Waals surface area contributed by atoms with Gasteiger partial charge in [-0.25, -0.2) is 9.18 Å². The molecular weight excluding hydrogens is 321 g/mol. The lowest BCUT2D eigenvalue weighted by molar-refractivity contribution is 0.0340. The molecule has 2 aromatic carbocycles. The number of carbonyl (C=O) groups is 1. The molecule has 6 heteroatoms. The quantitative estimate of drug-likeness (QED) is 0.877. The van der Waals surface area contributed by atoms with Gasteiger partial charge in [-0.2, -0.15) is 0 Å². The van der Waals surface area contributed by atoms with Crippen molar-refractivity contribution in [2.75, 3.05) is 38.2 Å². The van der Waals surface area contributed by atoms with Crippen LogP contribution in [0, 0.1) is 5.82 Å². The molecule has 0 aromatic heterocycles. The SMILES string of the molecule is O=C(Nc1ccc(F)cc1)NC(CN1CCOCC1)c1ccccc1. The fourth-order valence-corrected chi connectivity index (χ4v) is 2.82. The predicted molar refractivity (Wildman–Crippen MR) is 95.0 cm³/mol. The zero-order valence-corrected chi connectivity index (χ0v) is 14.0. The van der Waals surface area contributed by atoms with Crippen LogP contribution in [0.5, 0.6) is 0 Å². The average molecular weight is 343 g/mol. The van der Waals surface area contributed by atoms with E-state index >= 15 is 0 Å². The second-order valence-electron chi connectivity index (χ2n) is 5.98. The highest BCUT2D eigenvalue weighted by molar-refractivity contribution is 5.89. The third-order valence-electron chi connectivity index (χ3n) is 4.15. The number of morpholine rings is 1. The van der Waals surface area contributed by atoms with E-state index in [1.165, 1.54) is 24.3 Å². The number of hydrogen-bond donors (Lipinski definition) is 2. The monoisotopic (exact) mass is 343 g/mol. The van der Waals surface area contributed by atoms with Crippen molar-refractivity contribution in [1.29, 1.82) is 0 Å². The summed E-state index contributed by atoms with van der Waals surface area (Å²) in [6.07, 6.45) is 0. The van der Waals surface area contributed by atoms with Crippen LogP contribution in [0.25, 0.3) is 0 Å². The summed E-state index contributed by atoms with van der Waals surface area (Å²) in [5, 5.41) is 5.76. The number of carbonyl (C=O) groups excluding carboxylic acids is 1. The lowest BCUT2D eigenvalue weighted by Crippen LogP contribution is -2.44. The van der Waals surface area contributed by atoms with Crippen molar-refractivity contribution in [3.8, 4) is 0 Å². The smallest absolute Gasteiger partial charge is 0.319 e. The van der Waals surface area contributed by atoms with E-state index in [0.717, 1.165) is 18.7 Å². The van der Waals surface area contributed by atoms with Crippen molar-refractivity contribution >= 4 is 11.7 Å². The van der Waals surface area contributed by atoms with Crippen LogP contribution in [-0.2, 0) is 4.74 Å². The molecule has 5 nitrogen and oxygen atoms in total. The summed E-state index contributed by atoms with van der Waals surface area (Å²) in [6.45, 7) is 3.84. The van der Waals surface area contributed by atoms with Gasteiger partial charge in [-0.15, -0.1) is 0 Å². The van der Waals surface area contributed by atoms with Gasteiger partial charge in [0, 0.05) is 25.3 Å². The molecule has 1 fully saturated rings. The summed E-state index contributed by atoms with van der Waals surface area (Å²) in [7, 11) is 0. The second kappa shape index (κ2) is 8.60. The van der Waals surface area contributed by atoms with Gasteiger partial charge in [-0.1, -0.05) is 30.3 Å². The molecule has 132 valence electrons. The van der Waals surface area contributed by atoms with E-state index in [9.17, 15) is 9.18 Å². The van der Waals surface area contributed by atoms with Crippen LogP contribution in [-0.4, -0.2) is 43.8 Å². The summed E-state index contributed by atoms with van der Waals surface area (Å²) in [5.41, 5.74) is 1.60. The first-order valence-electron chi connectivity index (χ1n) is 8.39. The number of nitrogens with zero attached hydrogens (tertiary/aromatic N) is 1. The number of nitrogens with one attached hydrogen (secondary N) is 2. The Morgan fingerprint density at radius 2 is 1.76 bits per heavy atom. The standard InChI is InChI=1S/C19H22FN3O2/c20-16-6-8-17(9-7-16)21-19(24)22-18(15-4-2-1-3-5-15)14-23-10-12-25-13-11-23/h1-9,18H,10-14H2,(H2,21,22,24). The summed E-state index contributed by atoms with van der Waals surface area (Å²) in [5.74, 6) is -0.333. The fraction of sp³-hybridized carbons (Fsp3) is 0.316. The van der Waals surface area contributed by atoms with E-state index in [1.54, 1.807) is 0 Å². The zero-order valence-electron chi connectivity index (χ0n) is 14.0. The van der Waals surface area contributed by atoms with Gasteiger partial charge in [-0.05, 0) is 29.8 Å². The molecule has 2 aromatic rings. The summed E-state index contributed by atoms with van der Waals surface area (Å²) in [4.78, 5) is 14.6. The van der Waals surface area contributed by atoms with Crippen molar-refractivity contribution in [2.24, 2.45) is 0 Å².